The van der Waals surface area contributed by atoms with E-state index in [1.54, 1.807) is 35.4 Å². The van der Waals surface area contributed by atoms with Crippen LogP contribution in [0, 0.1) is 5.82 Å². The SMILES string of the molecule is O=C(O)[C@@H]1[C@H]2CC[C@@H](CN1C(=O)N(c1ccccc1)c1ccccc1)N2c1nccc(-c2ccccc2F)n1. The molecule has 2 amide bonds. The van der Waals surface area contributed by atoms with Crippen molar-refractivity contribution in [3.63, 3.8) is 0 Å². The monoisotopic (exact) mass is 523 g/mol. The van der Waals surface area contributed by atoms with Crippen LogP contribution < -0.4 is 9.80 Å². The molecule has 3 heterocycles. The number of nitrogens with zero attached hydrogens (tertiary/aromatic N) is 5. The van der Waals surface area contributed by atoms with Gasteiger partial charge in [0, 0.05) is 18.3 Å². The first-order valence-corrected chi connectivity index (χ1v) is 12.8. The van der Waals surface area contributed by atoms with Gasteiger partial charge in [-0.2, -0.15) is 0 Å². The second-order valence-corrected chi connectivity index (χ2v) is 9.65. The number of carbonyl (C=O) groups excluding carboxylic acids is 1. The zero-order valence-electron chi connectivity index (χ0n) is 21.0. The summed E-state index contributed by atoms with van der Waals surface area (Å²) in [7, 11) is 0. The third kappa shape index (κ3) is 4.46. The van der Waals surface area contributed by atoms with Crippen molar-refractivity contribution in [3.8, 4) is 11.3 Å². The predicted octanol–water partition coefficient (Wildman–Crippen LogP) is 5.35. The average Bonchev–Trinajstić information content (AvgIpc) is 3.26. The van der Waals surface area contributed by atoms with Gasteiger partial charge in [0.1, 0.15) is 5.82 Å². The van der Waals surface area contributed by atoms with Crippen LogP contribution in [0.5, 0.6) is 0 Å². The van der Waals surface area contributed by atoms with Gasteiger partial charge in [-0.1, -0.05) is 48.5 Å². The third-order valence-electron chi connectivity index (χ3n) is 7.40. The minimum atomic E-state index is -1.12. The van der Waals surface area contributed by atoms with Crippen LogP contribution >= 0.6 is 0 Å². The first-order valence-electron chi connectivity index (χ1n) is 12.8. The van der Waals surface area contributed by atoms with Crippen molar-refractivity contribution in [2.24, 2.45) is 0 Å². The van der Waals surface area contributed by atoms with Crippen LogP contribution in [0.3, 0.4) is 0 Å². The van der Waals surface area contributed by atoms with Crippen molar-refractivity contribution in [2.45, 2.75) is 31.0 Å². The quantitative estimate of drug-likeness (QED) is 0.380. The molecule has 9 heteroatoms. The van der Waals surface area contributed by atoms with E-state index >= 15 is 0 Å². The van der Waals surface area contributed by atoms with Gasteiger partial charge in [-0.05, 0) is 55.3 Å². The highest BCUT2D eigenvalue weighted by Gasteiger charge is 2.52. The van der Waals surface area contributed by atoms with Crippen molar-refractivity contribution in [2.75, 3.05) is 16.3 Å². The lowest BCUT2D eigenvalue weighted by molar-refractivity contribution is -0.143. The smallest absolute Gasteiger partial charge is 0.329 e. The summed E-state index contributed by atoms with van der Waals surface area (Å²) in [5, 5.41) is 10.4. The Bertz CT molecular complexity index is 1460. The highest BCUT2D eigenvalue weighted by atomic mass is 19.1. The molecule has 2 aliphatic heterocycles. The van der Waals surface area contributed by atoms with Crippen molar-refractivity contribution in [1.82, 2.24) is 14.9 Å². The number of carbonyl (C=O) groups is 2. The Balaban J connectivity index is 1.36. The molecule has 6 rings (SSSR count). The Morgan fingerprint density at radius 1 is 0.872 bits per heavy atom. The molecule has 2 saturated heterocycles. The van der Waals surface area contributed by atoms with Gasteiger partial charge in [-0.25, -0.2) is 23.9 Å². The third-order valence-corrected chi connectivity index (χ3v) is 7.40. The molecule has 0 unspecified atom stereocenters. The number of piperazine rings is 1. The lowest BCUT2D eigenvalue weighted by Crippen LogP contribution is -2.65. The van der Waals surface area contributed by atoms with Crippen molar-refractivity contribution in [3.05, 3.63) is 103 Å². The zero-order chi connectivity index (χ0) is 26.9. The van der Waals surface area contributed by atoms with Gasteiger partial charge in [-0.3, -0.25) is 4.90 Å². The summed E-state index contributed by atoms with van der Waals surface area (Å²) in [6, 6.07) is 24.2. The number of halogens is 1. The van der Waals surface area contributed by atoms with Crippen LogP contribution in [0.2, 0.25) is 0 Å². The summed E-state index contributed by atoms with van der Waals surface area (Å²) in [5.41, 5.74) is 2.06. The fourth-order valence-electron chi connectivity index (χ4n) is 5.70. The van der Waals surface area contributed by atoms with E-state index in [0.717, 1.165) is 0 Å². The molecule has 196 valence electrons. The van der Waals surface area contributed by atoms with E-state index in [4.69, 9.17) is 0 Å². The van der Waals surface area contributed by atoms with Crippen molar-refractivity contribution < 1.29 is 19.1 Å². The number of fused-ring (bicyclic) bond motifs is 2. The van der Waals surface area contributed by atoms with Gasteiger partial charge in [0.15, 0.2) is 6.04 Å². The van der Waals surface area contributed by atoms with Crippen LogP contribution in [0.25, 0.3) is 11.3 Å². The first-order chi connectivity index (χ1) is 19.0. The Kier molecular flexibility index (Phi) is 6.40. The molecule has 39 heavy (non-hydrogen) atoms. The molecule has 3 aromatic carbocycles. The molecule has 1 aromatic heterocycles. The number of likely N-dealkylation sites (tertiary alicyclic amines) is 1. The Labute approximate surface area is 225 Å². The van der Waals surface area contributed by atoms with Crippen LogP contribution in [0.1, 0.15) is 12.8 Å². The molecule has 3 atom stereocenters. The van der Waals surface area contributed by atoms with E-state index in [9.17, 15) is 19.1 Å². The predicted molar refractivity (Wildman–Crippen MR) is 145 cm³/mol. The highest BCUT2D eigenvalue weighted by molar-refractivity contribution is 6.01. The minimum absolute atomic E-state index is 0.182. The number of amides is 2. The lowest BCUT2D eigenvalue weighted by atomic mass is 10.0. The molecule has 0 radical (unpaired) electrons. The number of hydrogen-bond acceptors (Lipinski definition) is 5. The van der Waals surface area contributed by atoms with E-state index in [1.807, 2.05) is 65.6 Å². The largest absolute Gasteiger partial charge is 0.480 e. The second kappa shape index (κ2) is 10.2. The van der Waals surface area contributed by atoms with Gasteiger partial charge < -0.3 is 14.9 Å². The van der Waals surface area contributed by atoms with Gasteiger partial charge >= 0.3 is 12.0 Å². The molecular formula is C30H26FN5O3. The van der Waals surface area contributed by atoms with Crippen LogP contribution in [-0.4, -0.2) is 56.6 Å². The number of urea groups is 1. The van der Waals surface area contributed by atoms with Crippen molar-refractivity contribution in [1.29, 1.82) is 0 Å². The van der Waals surface area contributed by atoms with E-state index in [2.05, 4.69) is 9.97 Å². The number of hydrogen-bond donors (Lipinski definition) is 1. The van der Waals surface area contributed by atoms with E-state index in [-0.39, 0.29) is 12.6 Å². The van der Waals surface area contributed by atoms with E-state index in [0.29, 0.717) is 41.4 Å². The molecule has 4 aromatic rings. The highest BCUT2D eigenvalue weighted by Crippen LogP contribution is 2.39. The fraction of sp³-hybridized carbons (Fsp3) is 0.200. The molecule has 0 spiro atoms. The maximum Gasteiger partial charge on any atom is 0.329 e. The van der Waals surface area contributed by atoms with Gasteiger partial charge in [0.2, 0.25) is 5.95 Å². The van der Waals surface area contributed by atoms with E-state index < -0.39 is 29.9 Å². The second-order valence-electron chi connectivity index (χ2n) is 9.65. The summed E-state index contributed by atoms with van der Waals surface area (Å²) in [6.07, 6.45) is 2.81. The minimum Gasteiger partial charge on any atom is -0.480 e. The lowest BCUT2D eigenvalue weighted by Gasteiger charge is -2.46. The van der Waals surface area contributed by atoms with Gasteiger partial charge in [0.05, 0.1) is 29.2 Å². The number of benzene rings is 3. The van der Waals surface area contributed by atoms with Gasteiger partial charge in [-0.15, -0.1) is 0 Å². The molecule has 0 aliphatic carbocycles. The topological polar surface area (TPSA) is 89.9 Å². The summed E-state index contributed by atoms with van der Waals surface area (Å²) >= 11 is 0. The van der Waals surface area contributed by atoms with Crippen LogP contribution in [-0.2, 0) is 4.79 Å². The number of carboxylic acids is 1. The number of anilines is 3. The number of aromatic nitrogens is 2. The fourth-order valence-corrected chi connectivity index (χ4v) is 5.70. The van der Waals surface area contributed by atoms with Crippen LogP contribution in [0.15, 0.2) is 97.2 Å². The maximum atomic E-state index is 14.5. The summed E-state index contributed by atoms with van der Waals surface area (Å²) in [5.74, 6) is -1.15. The first kappa shape index (κ1) is 24.5. The molecule has 2 fully saturated rings. The molecule has 2 bridgehead atoms. The molecule has 8 nitrogen and oxygen atoms in total. The molecule has 1 N–H and O–H groups in total. The Morgan fingerprint density at radius 2 is 1.51 bits per heavy atom. The Morgan fingerprint density at radius 3 is 2.15 bits per heavy atom. The van der Waals surface area contributed by atoms with E-state index in [1.165, 1.54) is 11.0 Å². The molecule has 2 aliphatic rings. The summed E-state index contributed by atoms with van der Waals surface area (Å²) in [4.78, 5) is 40.9. The molecule has 0 saturated carbocycles. The maximum absolute atomic E-state index is 14.5. The van der Waals surface area contributed by atoms with Crippen LogP contribution in [0.4, 0.5) is 26.5 Å². The number of carboxylic acid groups (broad SMARTS) is 1. The zero-order valence-corrected chi connectivity index (χ0v) is 21.0. The average molecular weight is 524 g/mol. The normalized spacial score (nSPS) is 20.1. The number of rotatable bonds is 5. The number of para-hydroxylation sites is 2. The number of aliphatic carboxylic acids is 1. The summed E-state index contributed by atoms with van der Waals surface area (Å²) < 4.78 is 14.5. The molecular weight excluding hydrogens is 497 g/mol. The van der Waals surface area contributed by atoms with Gasteiger partial charge in [0.25, 0.3) is 0 Å². The van der Waals surface area contributed by atoms with Crippen molar-refractivity contribution >= 4 is 29.3 Å². The standard InChI is InChI=1S/C30H26FN5O3/c31-24-14-8-7-13-23(24)25-17-18-32-29(33-25)36-22-15-16-26(36)27(28(37)38)34(19-22)30(39)35(20-9-3-1-4-10-20)21-11-5-2-6-12-21/h1-14,17-18,22,26-27H,15-16,19H2,(H,37,38)/t22-,26+,27-/m0/s1. The summed E-state index contributed by atoms with van der Waals surface area (Å²) in [6.45, 7) is 0.190. The Hall–Kier alpha value is -4.79.